The first kappa shape index (κ1) is 14.0. The molecule has 1 aromatic carbocycles. The molecule has 19 heavy (non-hydrogen) atoms. The molecule has 0 bridgehead atoms. The van der Waals surface area contributed by atoms with Gasteiger partial charge in [0, 0.05) is 12.6 Å². The molecule has 1 aliphatic rings. The topological polar surface area (TPSA) is 38.5 Å². The quantitative estimate of drug-likeness (QED) is 0.838. The molecule has 1 aliphatic heterocycles. The zero-order valence-corrected chi connectivity index (χ0v) is 12.4. The Bertz CT molecular complexity index is 417. The predicted molar refractivity (Wildman–Crippen MR) is 81.9 cm³/mol. The molecular formula is C16H26N2O. The van der Waals surface area contributed by atoms with E-state index in [0.717, 1.165) is 23.7 Å². The second-order valence-corrected chi connectivity index (χ2v) is 5.61. The minimum Gasteiger partial charge on any atom is -0.489 e. The molecule has 2 rings (SSSR count). The molecule has 3 nitrogen and oxygen atoms in total. The fraction of sp³-hybridized carbons (Fsp3) is 0.625. The molecule has 1 saturated heterocycles. The molecule has 1 fully saturated rings. The van der Waals surface area contributed by atoms with Crippen molar-refractivity contribution >= 4 is 11.4 Å². The number of para-hydroxylation sites is 1. The summed E-state index contributed by atoms with van der Waals surface area (Å²) in [6.45, 7) is 7.42. The summed E-state index contributed by atoms with van der Waals surface area (Å²) in [5.41, 5.74) is 8.24. The number of nitrogen functional groups attached to an aromatic ring is 1. The fourth-order valence-corrected chi connectivity index (χ4v) is 2.88. The van der Waals surface area contributed by atoms with Crippen molar-refractivity contribution in [1.82, 2.24) is 0 Å². The normalized spacial score (nSPS) is 19.8. The average molecular weight is 262 g/mol. The number of rotatable bonds is 4. The Labute approximate surface area is 116 Å². The summed E-state index contributed by atoms with van der Waals surface area (Å²) in [6.07, 6.45) is 5.18. The molecule has 1 unspecified atom stereocenters. The second kappa shape index (κ2) is 6.18. The zero-order valence-electron chi connectivity index (χ0n) is 12.4. The van der Waals surface area contributed by atoms with Gasteiger partial charge >= 0.3 is 0 Å². The van der Waals surface area contributed by atoms with Crippen molar-refractivity contribution < 1.29 is 4.74 Å². The molecular weight excluding hydrogens is 236 g/mol. The van der Waals surface area contributed by atoms with Crippen molar-refractivity contribution in [2.24, 2.45) is 0 Å². The Balaban J connectivity index is 2.28. The number of hydrogen-bond acceptors (Lipinski definition) is 3. The Morgan fingerprint density at radius 1 is 1.37 bits per heavy atom. The van der Waals surface area contributed by atoms with Crippen LogP contribution in [-0.2, 0) is 0 Å². The van der Waals surface area contributed by atoms with E-state index in [2.05, 4.69) is 17.9 Å². The molecule has 0 aromatic heterocycles. The maximum absolute atomic E-state index is 6.31. The van der Waals surface area contributed by atoms with Crippen LogP contribution in [0, 0.1) is 0 Å². The van der Waals surface area contributed by atoms with Crippen LogP contribution in [0.3, 0.4) is 0 Å². The molecule has 106 valence electrons. The third-order valence-corrected chi connectivity index (χ3v) is 3.81. The molecule has 0 amide bonds. The third kappa shape index (κ3) is 3.14. The van der Waals surface area contributed by atoms with Gasteiger partial charge in [-0.1, -0.05) is 13.0 Å². The summed E-state index contributed by atoms with van der Waals surface area (Å²) in [5.74, 6) is 0.813. The highest BCUT2D eigenvalue weighted by molar-refractivity contribution is 5.74. The summed E-state index contributed by atoms with van der Waals surface area (Å²) in [5, 5.41) is 0. The number of hydrogen-bond donors (Lipinski definition) is 1. The standard InChI is InChI=1S/C16H26N2O/c1-4-13-8-5-6-11-18(13)14-9-7-10-15(16(14)17)19-12(2)3/h7,9-10,12-13H,4-6,8,11,17H2,1-3H3. The van der Waals surface area contributed by atoms with E-state index in [0.29, 0.717) is 6.04 Å². The first-order valence-corrected chi connectivity index (χ1v) is 7.45. The van der Waals surface area contributed by atoms with Gasteiger partial charge in [0.2, 0.25) is 0 Å². The molecule has 3 heteroatoms. The minimum absolute atomic E-state index is 0.154. The molecule has 0 saturated carbocycles. The van der Waals surface area contributed by atoms with Crippen LogP contribution in [0.5, 0.6) is 5.75 Å². The predicted octanol–water partition coefficient (Wildman–Crippen LogP) is 3.82. The van der Waals surface area contributed by atoms with E-state index in [9.17, 15) is 0 Å². The summed E-state index contributed by atoms with van der Waals surface area (Å²) in [7, 11) is 0. The van der Waals surface area contributed by atoms with Crippen molar-refractivity contribution in [3.63, 3.8) is 0 Å². The van der Waals surface area contributed by atoms with E-state index in [1.807, 2.05) is 26.0 Å². The van der Waals surface area contributed by atoms with Gasteiger partial charge in [-0.05, 0) is 51.7 Å². The van der Waals surface area contributed by atoms with Crippen LogP contribution >= 0.6 is 0 Å². The minimum atomic E-state index is 0.154. The first-order valence-electron chi connectivity index (χ1n) is 7.45. The Kier molecular flexibility index (Phi) is 4.56. The summed E-state index contributed by atoms with van der Waals surface area (Å²) in [6, 6.07) is 6.75. The van der Waals surface area contributed by atoms with Crippen molar-refractivity contribution in [2.75, 3.05) is 17.2 Å². The summed E-state index contributed by atoms with van der Waals surface area (Å²) < 4.78 is 5.79. The maximum atomic E-state index is 6.31. The van der Waals surface area contributed by atoms with Crippen LogP contribution in [0.4, 0.5) is 11.4 Å². The summed E-state index contributed by atoms with van der Waals surface area (Å²) in [4.78, 5) is 2.46. The van der Waals surface area contributed by atoms with Gasteiger partial charge in [0.1, 0.15) is 5.75 Å². The van der Waals surface area contributed by atoms with E-state index in [1.165, 1.54) is 25.7 Å². The Hall–Kier alpha value is -1.38. The second-order valence-electron chi connectivity index (χ2n) is 5.61. The molecule has 1 atom stereocenters. The van der Waals surface area contributed by atoms with Crippen molar-refractivity contribution in [2.45, 2.75) is 58.6 Å². The van der Waals surface area contributed by atoms with Crippen molar-refractivity contribution in [3.8, 4) is 5.75 Å². The maximum Gasteiger partial charge on any atom is 0.144 e. The van der Waals surface area contributed by atoms with Crippen LogP contribution < -0.4 is 15.4 Å². The highest BCUT2D eigenvalue weighted by Gasteiger charge is 2.23. The first-order chi connectivity index (χ1) is 9.13. The Morgan fingerprint density at radius 2 is 2.16 bits per heavy atom. The lowest BCUT2D eigenvalue weighted by atomic mass is 9.99. The number of nitrogens with two attached hydrogens (primary N) is 1. The molecule has 0 aliphatic carbocycles. The lowest BCUT2D eigenvalue weighted by Gasteiger charge is -2.38. The largest absolute Gasteiger partial charge is 0.489 e. The monoisotopic (exact) mass is 262 g/mol. The number of nitrogens with zero attached hydrogens (tertiary/aromatic N) is 1. The van der Waals surface area contributed by atoms with Gasteiger partial charge in [-0.25, -0.2) is 0 Å². The van der Waals surface area contributed by atoms with Crippen LogP contribution in [0.2, 0.25) is 0 Å². The zero-order chi connectivity index (χ0) is 13.8. The Morgan fingerprint density at radius 3 is 2.84 bits per heavy atom. The van der Waals surface area contributed by atoms with Crippen LogP contribution in [0.25, 0.3) is 0 Å². The van der Waals surface area contributed by atoms with Crippen LogP contribution in [-0.4, -0.2) is 18.7 Å². The van der Waals surface area contributed by atoms with Gasteiger partial charge < -0.3 is 15.4 Å². The third-order valence-electron chi connectivity index (χ3n) is 3.81. The van der Waals surface area contributed by atoms with E-state index in [-0.39, 0.29) is 6.10 Å². The molecule has 0 radical (unpaired) electrons. The molecule has 1 aromatic rings. The van der Waals surface area contributed by atoms with Gasteiger partial charge in [-0.3, -0.25) is 0 Å². The average Bonchev–Trinajstić information content (AvgIpc) is 2.41. The van der Waals surface area contributed by atoms with Gasteiger partial charge in [0.05, 0.1) is 17.5 Å². The number of benzene rings is 1. The van der Waals surface area contributed by atoms with Gasteiger partial charge in [0.15, 0.2) is 0 Å². The highest BCUT2D eigenvalue weighted by Crippen LogP contribution is 2.36. The van der Waals surface area contributed by atoms with E-state index in [4.69, 9.17) is 10.5 Å². The van der Waals surface area contributed by atoms with Crippen molar-refractivity contribution in [1.29, 1.82) is 0 Å². The molecule has 1 heterocycles. The lowest BCUT2D eigenvalue weighted by Crippen LogP contribution is -2.39. The van der Waals surface area contributed by atoms with Gasteiger partial charge in [-0.15, -0.1) is 0 Å². The van der Waals surface area contributed by atoms with Crippen LogP contribution in [0.15, 0.2) is 18.2 Å². The smallest absolute Gasteiger partial charge is 0.144 e. The van der Waals surface area contributed by atoms with E-state index in [1.54, 1.807) is 0 Å². The van der Waals surface area contributed by atoms with Crippen molar-refractivity contribution in [3.05, 3.63) is 18.2 Å². The van der Waals surface area contributed by atoms with Gasteiger partial charge in [-0.2, -0.15) is 0 Å². The summed E-state index contributed by atoms with van der Waals surface area (Å²) >= 11 is 0. The lowest BCUT2D eigenvalue weighted by molar-refractivity contribution is 0.244. The SMILES string of the molecule is CCC1CCCCN1c1cccc(OC(C)C)c1N. The number of ether oxygens (including phenoxy) is 1. The van der Waals surface area contributed by atoms with Gasteiger partial charge in [0.25, 0.3) is 0 Å². The fourth-order valence-electron chi connectivity index (χ4n) is 2.88. The molecule has 2 N–H and O–H groups in total. The number of anilines is 2. The van der Waals surface area contributed by atoms with E-state index >= 15 is 0 Å². The van der Waals surface area contributed by atoms with Crippen LogP contribution in [0.1, 0.15) is 46.5 Å². The number of piperidine rings is 1. The highest BCUT2D eigenvalue weighted by atomic mass is 16.5. The van der Waals surface area contributed by atoms with E-state index < -0.39 is 0 Å². The molecule has 0 spiro atoms.